The molecular formula is C11H10N2O4. The Kier molecular flexibility index (Phi) is 3.34. The van der Waals surface area contributed by atoms with Gasteiger partial charge in [-0.1, -0.05) is 5.16 Å². The van der Waals surface area contributed by atoms with Crippen LogP contribution in [0.25, 0.3) is 0 Å². The predicted octanol–water partition coefficient (Wildman–Crippen LogP) is 1.47. The first-order chi connectivity index (χ1) is 8.33. The Balaban J connectivity index is 2.15. The second-order valence-corrected chi connectivity index (χ2v) is 3.16. The lowest BCUT2D eigenvalue weighted by atomic mass is 10.2. The molecular weight excluding hydrogens is 224 g/mol. The molecule has 17 heavy (non-hydrogen) atoms. The van der Waals surface area contributed by atoms with E-state index in [4.69, 9.17) is 9.47 Å². The summed E-state index contributed by atoms with van der Waals surface area (Å²) in [6.07, 6.45) is 1.93. The van der Waals surface area contributed by atoms with Crippen LogP contribution in [0.2, 0.25) is 0 Å². The Hall–Kier alpha value is -2.37. The second-order valence-electron chi connectivity index (χ2n) is 3.16. The molecule has 0 spiro atoms. The number of rotatable bonds is 5. The number of methoxy groups -OCH3 is 1. The van der Waals surface area contributed by atoms with Crippen LogP contribution in [0.3, 0.4) is 0 Å². The monoisotopic (exact) mass is 234 g/mol. The SMILES string of the molecule is COc1ccc(C=O)c(OCc2ncon2)c1. The van der Waals surface area contributed by atoms with Crippen molar-refractivity contribution in [3.63, 3.8) is 0 Å². The Morgan fingerprint density at radius 2 is 2.35 bits per heavy atom. The molecule has 2 aromatic rings. The van der Waals surface area contributed by atoms with Crippen LogP contribution in [0.1, 0.15) is 16.2 Å². The number of benzene rings is 1. The summed E-state index contributed by atoms with van der Waals surface area (Å²) in [5, 5.41) is 3.60. The summed E-state index contributed by atoms with van der Waals surface area (Å²) in [7, 11) is 1.54. The number of aromatic nitrogens is 2. The van der Waals surface area contributed by atoms with Crippen molar-refractivity contribution in [2.24, 2.45) is 0 Å². The molecule has 0 bridgehead atoms. The third-order valence-electron chi connectivity index (χ3n) is 2.11. The molecule has 0 saturated carbocycles. The molecule has 6 heteroatoms. The van der Waals surface area contributed by atoms with E-state index in [9.17, 15) is 4.79 Å². The fraction of sp³-hybridized carbons (Fsp3) is 0.182. The molecule has 0 aliphatic carbocycles. The molecule has 0 radical (unpaired) electrons. The van der Waals surface area contributed by atoms with E-state index in [2.05, 4.69) is 14.7 Å². The molecule has 6 nitrogen and oxygen atoms in total. The summed E-state index contributed by atoms with van der Waals surface area (Å²) in [5.41, 5.74) is 0.439. The number of carbonyl (C=O) groups is 1. The van der Waals surface area contributed by atoms with Gasteiger partial charge in [0.05, 0.1) is 12.7 Å². The van der Waals surface area contributed by atoms with Gasteiger partial charge in [0.15, 0.2) is 12.9 Å². The van der Waals surface area contributed by atoms with Crippen LogP contribution in [-0.4, -0.2) is 23.5 Å². The van der Waals surface area contributed by atoms with Gasteiger partial charge in [0, 0.05) is 6.07 Å². The summed E-state index contributed by atoms with van der Waals surface area (Å²) in [6.45, 7) is 0.129. The van der Waals surface area contributed by atoms with Crippen LogP contribution < -0.4 is 9.47 Å². The van der Waals surface area contributed by atoms with Gasteiger partial charge in [-0.15, -0.1) is 0 Å². The third kappa shape index (κ3) is 2.60. The van der Waals surface area contributed by atoms with E-state index in [-0.39, 0.29) is 6.61 Å². The van der Waals surface area contributed by atoms with E-state index in [1.54, 1.807) is 25.3 Å². The Morgan fingerprint density at radius 1 is 1.47 bits per heavy atom. The number of ether oxygens (including phenoxy) is 2. The summed E-state index contributed by atoms with van der Waals surface area (Å²) in [6, 6.07) is 4.94. The van der Waals surface area contributed by atoms with Crippen LogP contribution in [0.5, 0.6) is 11.5 Å². The topological polar surface area (TPSA) is 74.5 Å². The van der Waals surface area contributed by atoms with E-state index in [0.717, 1.165) is 0 Å². The molecule has 0 amide bonds. The molecule has 0 N–H and O–H groups in total. The average Bonchev–Trinajstić information content (AvgIpc) is 2.89. The van der Waals surface area contributed by atoms with Crippen LogP contribution in [-0.2, 0) is 6.61 Å². The summed E-state index contributed by atoms with van der Waals surface area (Å²) >= 11 is 0. The van der Waals surface area contributed by atoms with E-state index in [0.29, 0.717) is 29.2 Å². The van der Waals surface area contributed by atoms with E-state index < -0.39 is 0 Å². The first-order valence-corrected chi connectivity index (χ1v) is 4.84. The summed E-state index contributed by atoms with van der Waals surface area (Å²) < 4.78 is 15.0. The number of nitrogens with zero attached hydrogens (tertiary/aromatic N) is 2. The van der Waals surface area contributed by atoms with Crippen LogP contribution in [0.4, 0.5) is 0 Å². The zero-order valence-corrected chi connectivity index (χ0v) is 9.12. The fourth-order valence-electron chi connectivity index (χ4n) is 1.26. The first kappa shape index (κ1) is 11.1. The van der Waals surface area contributed by atoms with Gasteiger partial charge in [0.1, 0.15) is 11.5 Å². The first-order valence-electron chi connectivity index (χ1n) is 4.84. The van der Waals surface area contributed by atoms with Crippen molar-refractivity contribution in [2.45, 2.75) is 6.61 Å². The minimum absolute atomic E-state index is 0.129. The summed E-state index contributed by atoms with van der Waals surface area (Å²) in [5.74, 6) is 1.44. The van der Waals surface area contributed by atoms with Crippen molar-refractivity contribution in [3.05, 3.63) is 36.0 Å². The predicted molar refractivity (Wildman–Crippen MR) is 57.0 cm³/mol. The van der Waals surface area contributed by atoms with Crippen molar-refractivity contribution in [1.29, 1.82) is 0 Å². The van der Waals surface area contributed by atoms with E-state index >= 15 is 0 Å². The minimum Gasteiger partial charge on any atom is -0.497 e. The van der Waals surface area contributed by atoms with Gasteiger partial charge in [-0.25, -0.2) is 0 Å². The van der Waals surface area contributed by atoms with E-state index in [1.165, 1.54) is 6.39 Å². The lowest BCUT2D eigenvalue weighted by Crippen LogP contribution is -2.00. The van der Waals surface area contributed by atoms with Crippen molar-refractivity contribution >= 4 is 6.29 Å². The lowest BCUT2D eigenvalue weighted by Gasteiger charge is -2.08. The van der Waals surface area contributed by atoms with Gasteiger partial charge >= 0.3 is 0 Å². The highest BCUT2D eigenvalue weighted by atomic mass is 16.5. The maximum atomic E-state index is 10.8. The third-order valence-corrected chi connectivity index (χ3v) is 2.11. The van der Waals surface area contributed by atoms with Crippen LogP contribution >= 0.6 is 0 Å². The smallest absolute Gasteiger partial charge is 0.213 e. The number of hydrogen-bond acceptors (Lipinski definition) is 6. The second kappa shape index (κ2) is 5.11. The van der Waals surface area contributed by atoms with Gasteiger partial charge in [0.25, 0.3) is 0 Å². The van der Waals surface area contributed by atoms with Crippen molar-refractivity contribution in [3.8, 4) is 11.5 Å². The van der Waals surface area contributed by atoms with Crippen LogP contribution in [0, 0.1) is 0 Å². The zero-order valence-electron chi connectivity index (χ0n) is 9.12. The van der Waals surface area contributed by atoms with Gasteiger partial charge < -0.3 is 14.0 Å². The molecule has 0 saturated heterocycles. The van der Waals surface area contributed by atoms with Crippen molar-refractivity contribution < 1.29 is 18.8 Å². The minimum atomic E-state index is 0.129. The molecule has 1 heterocycles. The molecule has 0 aliphatic rings. The Labute approximate surface area is 97.2 Å². The number of carbonyl (C=O) groups excluding carboxylic acids is 1. The lowest BCUT2D eigenvalue weighted by molar-refractivity contribution is 0.111. The molecule has 0 atom stereocenters. The fourth-order valence-corrected chi connectivity index (χ4v) is 1.26. The largest absolute Gasteiger partial charge is 0.497 e. The van der Waals surface area contributed by atoms with Crippen LogP contribution in [0.15, 0.2) is 29.1 Å². The Bertz CT molecular complexity index is 496. The molecule has 1 aromatic heterocycles. The molecule has 88 valence electrons. The van der Waals surface area contributed by atoms with Gasteiger partial charge in [-0.2, -0.15) is 4.98 Å². The van der Waals surface area contributed by atoms with Gasteiger partial charge in [-0.3, -0.25) is 4.79 Å². The van der Waals surface area contributed by atoms with Gasteiger partial charge in [-0.05, 0) is 12.1 Å². The maximum Gasteiger partial charge on any atom is 0.213 e. The highest BCUT2D eigenvalue weighted by molar-refractivity contribution is 5.79. The quantitative estimate of drug-likeness (QED) is 0.729. The molecule has 1 aromatic carbocycles. The van der Waals surface area contributed by atoms with Crippen molar-refractivity contribution in [1.82, 2.24) is 10.1 Å². The highest BCUT2D eigenvalue weighted by Gasteiger charge is 2.07. The van der Waals surface area contributed by atoms with Gasteiger partial charge in [0.2, 0.25) is 12.2 Å². The van der Waals surface area contributed by atoms with E-state index in [1.807, 2.05) is 0 Å². The molecule has 0 fully saturated rings. The maximum absolute atomic E-state index is 10.8. The number of aldehydes is 1. The molecule has 2 rings (SSSR count). The number of hydrogen-bond donors (Lipinski definition) is 0. The normalized spacial score (nSPS) is 9.94. The zero-order chi connectivity index (χ0) is 12.1. The average molecular weight is 234 g/mol. The summed E-state index contributed by atoms with van der Waals surface area (Å²) in [4.78, 5) is 14.6. The highest BCUT2D eigenvalue weighted by Crippen LogP contribution is 2.24. The standard InChI is InChI=1S/C11H10N2O4/c1-15-9-3-2-8(5-14)10(4-9)16-6-11-12-7-17-13-11/h2-5,7H,6H2,1H3. The van der Waals surface area contributed by atoms with Crippen molar-refractivity contribution in [2.75, 3.05) is 7.11 Å². The molecule has 0 aliphatic heterocycles. The Morgan fingerprint density at radius 3 is 3.00 bits per heavy atom. The molecule has 0 unspecified atom stereocenters.